The van der Waals surface area contributed by atoms with Gasteiger partial charge in [-0.3, -0.25) is 4.90 Å². The number of hydrogen-bond acceptors (Lipinski definition) is 4. The number of piperidine rings is 1. The zero-order chi connectivity index (χ0) is 16.8. The molecule has 0 spiro atoms. The van der Waals surface area contributed by atoms with E-state index >= 15 is 0 Å². The summed E-state index contributed by atoms with van der Waals surface area (Å²) >= 11 is 0. The lowest BCUT2D eigenvalue weighted by molar-refractivity contribution is 0.0332. The summed E-state index contributed by atoms with van der Waals surface area (Å²) in [5.74, 6) is 0.790. The maximum atomic E-state index is 10.3. The van der Waals surface area contributed by atoms with Crippen LogP contribution < -0.4 is 4.74 Å². The van der Waals surface area contributed by atoms with Crippen molar-refractivity contribution < 1.29 is 14.9 Å². The molecule has 2 N–H and O–H groups in total. The molecule has 0 unspecified atom stereocenters. The van der Waals surface area contributed by atoms with E-state index in [0.29, 0.717) is 19.2 Å². The number of β-amino-alcohol motifs (C(OH)–C–C–N with tert-alkyl or cyclic N) is 1. The van der Waals surface area contributed by atoms with Crippen molar-refractivity contribution in [1.82, 2.24) is 4.90 Å². The van der Waals surface area contributed by atoms with Crippen LogP contribution in [0.2, 0.25) is 0 Å². The third-order valence-corrected chi connectivity index (χ3v) is 4.82. The standard InChI is InChI=1S/C20H27NO3/c22-12-10-18-7-3-4-11-21(18)14-19(23)15-24-20-9-8-16-5-1-2-6-17(16)13-20/h1-2,5-6,8-9,13,18-19,22-23H,3-4,7,10-12,14-15H2/t18-,19+/m0/s1. The molecule has 1 saturated heterocycles. The van der Waals surface area contributed by atoms with E-state index in [-0.39, 0.29) is 6.61 Å². The quantitative estimate of drug-likeness (QED) is 0.820. The van der Waals surface area contributed by atoms with Crippen LogP contribution in [0, 0.1) is 0 Å². The topological polar surface area (TPSA) is 52.9 Å². The number of hydrogen-bond donors (Lipinski definition) is 2. The number of rotatable bonds is 7. The fourth-order valence-corrected chi connectivity index (χ4v) is 3.55. The lowest BCUT2D eigenvalue weighted by Crippen LogP contribution is -2.45. The SMILES string of the molecule is OCC[C@@H]1CCCCN1C[C@@H](O)COc1ccc2ccccc2c1. The molecular weight excluding hydrogens is 302 g/mol. The molecule has 4 nitrogen and oxygen atoms in total. The molecular formula is C20H27NO3. The van der Waals surface area contributed by atoms with Gasteiger partial charge in [-0.25, -0.2) is 0 Å². The molecule has 24 heavy (non-hydrogen) atoms. The maximum absolute atomic E-state index is 10.3. The zero-order valence-corrected chi connectivity index (χ0v) is 14.1. The average molecular weight is 329 g/mol. The third-order valence-electron chi connectivity index (χ3n) is 4.82. The Kier molecular flexibility index (Phi) is 6.07. The fraction of sp³-hybridized carbons (Fsp3) is 0.500. The van der Waals surface area contributed by atoms with Crippen molar-refractivity contribution in [1.29, 1.82) is 0 Å². The Bertz CT molecular complexity index is 644. The van der Waals surface area contributed by atoms with Crippen LogP contribution in [0.3, 0.4) is 0 Å². The Morgan fingerprint density at radius 3 is 2.79 bits per heavy atom. The molecule has 130 valence electrons. The Morgan fingerprint density at radius 2 is 1.96 bits per heavy atom. The number of aliphatic hydroxyl groups excluding tert-OH is 2. The molecule has 0 amide bonds. The van der Waals surface area contributed by atoms with E-state index in [0.717, 1.165) is 30.5 Å². The first-order valence-corrected chi connectivity index (χ1v) is 8.91. The van der Waals surface area contributed by atoms with Crippen LogP contribution in [-0.4, -0.2) is 53.6 Å². The Balaban J connectivity index is 1.53. The highest BCUT2D eigenvalue weighted by molar-refractivity contribution is 5.83. The Morgan fingerprint density at radius 1 is 1.12 bits per heavy atom. The Hall–Kier alpha value is -1.62. The van der Waals surface area contributed by atoms with Crippen molar-refractivity contribution in [2.24, 2.45) is 0 Å². The molecule has 4 heteroatoms. The zero-order valence-electron chi connectivity index (χ0n) is 14.1. The highest BCUT2D eigenvalue weighted by Gasteiger charge is 2.24. The van der Waals surface area contributed by atoms with Gasteiger partial charge in [-0.15, -0.1) is 0 Å². The molecule has 0 radical (unpaired) electrons. The monoisotopic (exact) mass is 329 g/mol. The van der Waals surface area contributed by atoms with E-state index in [1.165, 1.54) is 18.2 Å². The first-order chi connectivity index (χ1) is 11.8. The summed E-state index contributed by atoms with van der Waals surface area (Å²) in [7, 11) is 0. The summed E-state index contributed by atoms with van der Waals surface area (Å²) in [6, 6.07) is 14.6. The molecule has 0 aromatic heterocycles. The van der Waals surface area contributed by atoms with Crippen LogP contribution in [0.5, 0.6) is 5.75 Å². The largest absolute Gasteiger partial charge is 0.491 e. The minimum absolute atomic E-state index is 0.213. The molecule has 0 aliphatic carbocycles. The first-order valence-electron chi connectivity index (χ1n) is 8.91. The van der Waals surface area contributed by atoms with Gasteiger partial charge in [-0.1, -0.05) is 36.8 Å². The van der Waals surface area contributed by atoms with E-state index in [1.54, 1.807) is 0 Å². The number of likely N-dealkylation sites (tertiary alicyclic amines) is 1. The van der Waals surface area contributed by atoms with E-state index in [9.17, 15) is 10.2 Å². The highest BCUT2D eigenvalue weighted by atomic mass is 16.5. The van der Waals surface area contributed by atoms with Crippen LogP contribution in [0.15, 0.2) is 42.5 Å². The van der Waals surface area contributed by atoms with Gasteiger partial charge >= 0.3 is 0 Å². The number of ether oxygens (including phenoxy) is 1. The number of fused-ring (bicyclic) bond motifs is 1. The van der Waals surface area contributed by atoms with Gasteiger partial charge in [0.1, 0.15) is 18.5 Å². The summed E-state index contributed by atoms with van der Waals surface area (Å²) in [4.78, 5) is 2.30. The second kappa shape index (κ2) is 8.47. The van der Waals surface area contributed by atoms with Gasteiger partial charge in [-0.2, -0.15) is 0 Å². The first kappa shape index (κ1) is 17.2. The van der Waals surface area contributed by atoms with Gasteiger partial charge in [-0.05, 0) is 48.7 Å². The minimum atomic E-state index is -0.518. The summed E-state index contributed by atoms with van der Waals surface area (Å²) in [6.45, 7) is 2.11. The summed E-state index contributed by atoms with van der Waals surface area (Å²) < 4.78 is 5.79. The van der Waals surface area contributed by atoms with E-state index in [2.05, 4.69) is 17.0 Å². The molecule has 0 saturated carbocycles. The number of aliphatic hydroxyl groups is 2. The van der Waals surface area contributed by atoms with Gasteiger partial charge in [0.25, 0.3) is 0 Å². The predicted octanol–water partition coefficient (Wildman–Crippen LogP) is 2.82. The summed E-state index contributed by atoms with van der Waals surface area (Å²) in [6.07, 6.45) is 3.76. The van der Waals surface area contributed by atoms with Crippen molar-refractivity contribution in [3.8, 4) is 5.75 Å². The Labute approximate surface area is 143 Å². The second-order valence-electron chi connectivity index (χ2n) is 6.63. The lowest BCUT2D eigenvalue weighted by atomic mass is 9.99. The van der Waals surface area contributed by atoms with Gasteiger partial charge in [0, 0.05) is 19.2 Å². The summed E-state index contributed by atoms with van der Waals surface area (Å²) in [5, 5.41) is 21.9. The highest BCUT2D eigenvalue weighted by Crippen LogP contribution is 2.22. The number of nitrogens with zero attached hydrogens (tertiary/aromatic N) is 1. The predicted molar refractivity (Wildman–Crippen MR) is 96.4 cm³/mol. The van der Waals surface area contributed by atoms with E-state index < -0.39 is 6.10 Å². The van der Waals surface area contributed by atoms with Crippen LogP contribution in [0.4, 0.5) is 0 Å². The molecule has 2 aromatic rings. The van der Waals surface area contributed by atoms with Crippen LogP contribution in [0.1, 0.15) is 25.7 Å². The summed E-state index contributed by atoms with van der Waals surface area (Å²) in [5.41, 5.74) is 0. The fourth-order valence-electron chi connectivity index (χ4n) is 3.55. The van der Waals surface area contributed by atoms with Crippen molar-refractivity contribution in [2.45, 2.75) is 37.8 Å². The average Bonchev–Trinajstić information content (AvgIpc) is 2.62. The molecule has 1 fully saturated rings. The lowest BCUT2D eigenvalue weighted by Gasteiger charge is -2.36. The van der Waals surface area contributed by atoms with Gasteiger partial charge in [0.2, 0.25) is 0 Å². The van der Waals surface area contributed by atoms with E-state index in [1.807, 2.05) is 30.3 Å². The van der Waals surface area contributed by atoms with Crippen LogP contribution in [-0.2, 0) is 0 Å². The van der Waals surface area contributed by atoms with Crippen LogP contribution >= 0.6 is 0 Å². The van der Waals surface area contributed by atoms with Crippen molar-refractivity contribution in [3.63, 3.8) is 0 Å². The van der Waals surface area contributed by atoms with Crippen molar-refractivity contribution >= 4 is 10.8 Å². The van der Waals surface area contributed by atoms with Crippen molar-refractivity contribution in [2.75, 3.05) is 26.3 Å². The maximum Gasteiger partial charge on any atom is 0.120 e. The van der Waals surface area contributed by atoms with Crippen molar-refractivity contribution in [3.05, 3.63) is 42.5 Å². The molecule has 1 aliphatic heterocycles. The molecule has 2 aromatic carbocycles. The van der Waals surface area contributed by atoms with Gasteiger partial charge < -0.3 is 14.9 Å². The molecule has 0 bridgehead atoms. The van der Waals surface area contributed by atoms with Gasteiger partial charge in [0.15, 0.2) is 0 Å². The smallest absolute Gasteiger partial charge is 0.120 e. The van der Waals surface area contributed by atoms with Gasteiger partial charge in [0.05, 0.1) is 0 Å². The number of benzene rings is 2. The molecule has 1 aliphatic rings. The molecule has 3 rings (SSSR count). The second-order valence-corrected chi connectivity index (χ2v) is 6.63. The molecule has 2 atom stereocenters. The van der Waals surface area contributed by atoms with E-state index in [4.69, 9.17) is 4.74 Å². The molecule has 1 heterocycles. The third kappa shape index (κ3) is 4.47. The van der Waals surface area contributed by atoms with Crippen LogP contribution in [0.25, 0.3) is 10.8 Å². The minimum Gasteiger partial charge on any atom is -0.491 e. The normalized spacial score (nSPS) is 20.2.